The molecule has 0 atom stereocenters. The zero-order valence-corrected chi connectivity index (χ0v) is 63.7. The van der Waals surface area contributed by atoms with Gasteiger partial charge in [0.2, 0.25) is 0 Å². The van der Waals surface area contributed by atoms with Crippen molar-refractivity contribution in [1.82, 2.24) is 84.6 Å². The predicted octanol–water partition coefficient (Wildman–Crippen LogP) is 8.13. The van der Waals surface area contributed by atoms with Crippen LogP contribution in [0.2, 0.25) is 0 Å². The zero-order chi connectivity index (χ0) is 80.9. The van der Waals surface area contributed by atoms with E-state index in [9.17, 15) is 64.5 Å². The third kappa shape index (κ3) is 24.8. The van der Waals surface area contributed by atoms with Crippen LogP contribution >= 0.6 is 47.0 Å². The largest absolute Gasteiger partial charge is 0.395 e. The summed E-state index contributed by atoms with van der Waals surface area (Å²) in [6.45, 7) is 8.62. The predicted molar refractivity (Wildman–Crippen MR) is 411 cm³/mol. The fraction of sp³-hybridized carbons (Fsp3) is 0.314. The van der Waals surface area contributed by atoms with Gasteiger partial charge in [0.05, 0.1) is 64.4 Å². The summed E-state index contributed by atoms with van der Waals surface area (Å²) in [5.74, 6) is -5.35. The first-order chi connectivity index (χ1) is 54.6. The molecule has 0 saturated heterocycles. The number of aliphatic hydroxyl groups excluding tert-OH is 3. The van der Waals surface area contributed by atoms with Crippen LogP contribution < -0.4 is 43.1 Å². The molecule has 43 heteroatoms. The third-order valence-corrected chi connectivity index (χ3v) is 19.2. The van der Waals surface area contributed by atoms with Gasteiger partial charge in [-0.05, 0) is 37.4 Å². The Kier molecular flexibility index (Phi) is 33.3. The molecule has 8 heterocycles. The highest BCUT2D eigenvalue weighted by molar-refractivity contribution is 7.99. The first kappa shape index (κ1) is 86.5. The molecule has 0 unspecified atom stereocenters. The van der Waals surface area contributed by atoms with E-state index in [1.807, 2.05) is 0 Å². The summed E-state index contributed by atoms with van der Waals surface area (Å²) in [7, 11) is 3.00. The Bertz CT molecular complexity index is 5430. The van der Waals surface area contributed by atoms with Gasteiger partial charge in [-0.25, -0.2) is 94.9 Å². The van der Waals surface area contributed by atoms with Gasteiger partial charge in [0.1, 0.15) is 22.1 Å². The normalized spacial score (nSPS) is 11.2. The molecule has 0 aliphatic rings. The third-order valence-electron chi connectivity index (χ3n) is 15.6. The van der Waals surface area contributed by atoms with Crippen molar-refractivity contribution < 1.29 is 64.7 Å². The van der Waals surface area contributed by atoms with Gasteiger partial charge in [0, 0.05) is 92.2 Å². The molecule has 0 bridgehead atoms. The van der Waals surface area contributed by atoms with Gasteiger partial charge in [0.25, 0.3) is 22.2 Å². The molecule has 8 aromatic heterocycles. The summed E-state index contributed by atoms with van der Waals surface area (Å²) >= 11 is 4.40. The second-order valence-corrected chi connectivity index (χ2v) is 26.9. The van der Waals surface area contributed by atoms with Gasteiger partial charge in [-0.2, -0.15) is 0 Å². The number of fused-ring (bicyclic) bond motifs is 4. The number of benzene rings is 4. The summed E-state index contributed by atoms with van der Waals surface area (Å²) in [6.07, 6.45) is 3.98. The van der Waals surface area contributed by atoms with E-state index in [1.54, 1.807) is 4.90 Å². The highest BCUT2D eigenvalue weighted by atomic mass is 32.2. The molecule has 12 aromatic rings. The maximum Gasteiger partial charge on any atom is 0.268 e. The number of anilines is 4. The van der Waals surface area contributed by atoms with Crippen LogP contribution in [0, 0.1) is 46.5 Å². The number of ether oxygens (including phenoxy) is 3. The smallest absolute Gasteiger partial charge is 0.268 e. The van der Waals surface area contributed by atoms with E-state index in [-0.39, 0.29) is 129 Å². The minimum atomic E-state index is -0.941. The average Bonchev–Trinajstić information content (AvgIpc) is 0.791. The van der Waals surface area contributed by atoms with E-state index in [0.717, 1.165) is 110 Å². The lowest BCUT2D eigenvalue weighted by Gasteiger charge is -2.22. The Hall–Kier alpha value is -10.5. The van der Waals surface area contributed by atoms with E-state index in [1.165, 1.54) is 68.9 Å². The van der Waals surface area contributed by atoms with E-state index in [2.05, 4.69) is 114 Å². The Morgan fingerprint density at radius 1 is 0.425 bits per heavy atom. The van der Waals surface area contributed by atoms with Gasteiger partial charge < -0.3 is 75.2 Å². The van der Waals surface area contributed by atoms with Crippen LogP contribution in [0.3, 0.4) is 0 Å². The number of H-pyrrole nitrogens is 4. The molecule has 113 heavy (non-hydrogen) atoms. The van der Waals surface area contributed by atoms with Gasteiger partial charge in [-0.3, -0.25) is 19.2 Å². The number of rotatable bonds is 34. The van der Waals surface area contributed by atoms with Crippen LogP contribution in [0.5, 0.6) is 0 Å². The minimum Gasteiger partial charge on any atom is -0.395 e. The SMILES string of the molecule is CCN(CC)CCNc1nc(SCc2cccc(F)c2F)nc2[nH]c(=O)cnc12.COC(CNc1nc(SCc2cccc(F)c2F)nc2[nH]c(=O)cnc12)OC.O=c1cnc2c(N(CCO)CCO)nc(SCc3cccc(F)c3F)nc2[nH]1.O=c1cnc2c(NCCOCCO)nc(SCc3cccc(F)c3F)nc2[nH]1. The molecule has 10 N–H and O–H groups in total. The Morgan fingerprint density at radius 2 is 0.761 bits per heavy atom. The number of nitrogens with one attached hydrogen (secondary N) is 7. The van der Waals surface area contributed by atoms with Gasteiger partial charge >= 0.3 is 0 Å². The van der Waals surface area contributed by atoms with Crippen molar-refractivity contribution in [2.45, 2.75) is 63.8 Å². The van der Waals surface area contributed by atoms with Crippen molar-refractivity contribution in [1.29, 1.82) is 0 Å². The van der Waals surface area contributed by atoms with Crippen LogP contribution in [0.25, 0.3) is 44.7 Å². The molecule has 0 radical (unpaired) electrons. The lowest BCUT2D eigenvalue weighted by Crippen LogP contribution is -2.31. The zero-order valence-electron chi connectivity index (χ0n) is 60.5. The minimum absolute atomic E-state index is 0.0685. The highest BCUT2D eigenvalue weighted by Gasteiger charge is 2.21. The van der Waals surface area contributed by atoms with Crippen LogP contribution in [0.1, 0.15) is 36.1 Å². The molecule has 0 aliphatic heterocycles. The first-order valence-electron chi connectivity index (χ1n) is 34.1. The van der Waals surface area contributed by atoms with Gasteiger partial charge in [0.15, 0.2) is 119 Å². The van der Waals surface area contributed by atoms with Crippen LogP contribution in [0.4, 0.5) is 58.4 Å². The van der Waals surface area contributed by atoms with E-state index in [4.69, 9.17) is 19.3 Å². The van der Waals surface area contributed by atoms with Gasteiger partial charge in [-0.15, -0.1) is 0 Å². The molecule has 4 aromatic carbocycles. The maximum absolute atomic E-state index is 13.9. The number of nitrogens with zero attached hydrogens (tertiary/aromatic N) is 14. The molecule has 0 fully saturated rings. The Labute approximate surface area is 652 Å². The molecule has 0 amide bonds. The first-order valence-corrected chi connectivity index (χ1v) is 38.0. The number of hydrogen-bond acceptors (Lipinski definition) is 31. The summed E-state index contributed by atoms with van der Waals surface area (Å²) in [4.78, 5) is 112. The second kappa shape index (κ2) is 43.5. The maximum atomic E-state index is 13.9. The van der Waals surface area contributed by atoms with Crippen molar-refractivity contribution in [3.63, 3.8) is 0 Å². The van der Waals surface area contributed by atoms with Crippen molar-refractivity contribution in [2.75, 3.05) is 120 Å². The molecular weight excluding hydrogens is 1580 g/mol. The van der Waals surface area contributed by atoms with Gasteiger partial charge in [-0.1, -0.05) is 109 Å². The van der Waals surface area contributed by atoms with E-state index in [0.29, 0.717) is 75.8 Å². The van der Waals surface area contributed by atoms with Crippen molar-refractivity contribution in [2.24, 2.45) is 0 Å². The lowest BCUT2D eigenvalue weighted by atomic mass is 10.2. The molecule has 31 nitrogen and oxygen atoms in total. The van der Waals surface area contributed by atoms with E-state index < -0.39 is 69.5 Å². The average molecular weight is 1650 g/mol. The number of thioether (sulfide) groups is 4. The fourth-order valence-electron chi connectivity index (χ4n) is 9.99. The molecule has 12 rings (SSSR count). The monoisotopic (exact) mass is 1650 g/mol. The number of hydrogen-bond donors (Lipinski definition) is 10. The molecule has 0 saturated carbocycles. The number of methoxy groups -OCH3 is 2. The molecule has 598 valence electrons. The van der Waals surface area contributed by atoms with E-state index >= 15 is 0 Å². The fourth-order valence-corrected chi connectivity index (χ4v) is 13.3. The van der Waals surface area contributed by atoms with Crippen molar-refractivity contribution in [3.8, 4) is 0 Å². The van der Waals surface area contributed by atoms with Crippen LogP contribution in [-0.4, -0.2) is 206 Å². The number of aromatic amines is 4. The quantitative estimate of drug-likeness (QED) is 0.00598. The molecular formula is C70H73F8N21O10S4. The standard InChI is InChI=1S/C19H22F2N6OS.3C17H17F2N5O3S/c1-3-27(4-2)9-8-22-17-16-18(24-14(28)10-23-16)26-19(25-17)29-11-12-6-5-7-13(20)15(12)21;1-26-12(27-2)7-21-15-14-16(22-11(25)6-20-14)24-17(23-15)28-8-9-4-3-5-10(18)13(9)19;18-11-3-1-2-10(13(11)19)9-28-17-22-15-14(20-8-12(27)21-15)16(23-17)24(4-6-25)5-7-26;18-11-3-1-2-10(13(11)19)9-28-17-23-15(20-4-6-27-7-5-25)14-16(24-17)22-12(26)8-21-14/h5-7,10H,3-4,8-9,11H2,1-2H3,(H2,22,24,25,26,28);3-6,12H,7-8H2,1-2H3,(H2,21,22,23,24,25);1-3,8,25-26H,4-7,9H2,(H,21,22,23,27);1-3,8,25H,4-7,9H2,(H2,20,22,23,24,26). The lowest BCUT2D eigenvalue weighted by molar-refractivity contribution is -0.0914. The number of halogens is 8. The van der Waals surface area contributed by atoms with Crippen molar-refractivity contribution in [3.05, 3.63) is 208 Å². The summed E-state index contributed by atoms with van der Waals surface area (Å²) in [5, 5.41) is 37.7. The summed E-state index contributed by atoms with van der Waals surface area (Å²) in [5.41, 5.74) is 1.42. The Balaban J connectivity index is 0.000000173. The number of aliphatic hydroxyl groups is 3. The van der Waals surface area contributed by atoms with Crippen molar-refractivity contribution >= 4 is 115 Å². The highest BCUT2D eigenvalue weighted by Crippen LogP contribution is 2.31. The number of aromatic nitrogens is 16. The van der Waals surface area contributed by atoms with Crippen LogP contribution in [0.15, 0.2) is 137 Å². The molecule has 0 aliphatic carbocycles. The second-order valence-electron chi connectivity index (χ2n) is 23.1. The summed E-state index contributed by atoms with van der Waals surface area (Å²) < 4.78 is 124. The molecule has 0 spiro atoms. The summed E-state index contributed by atoms with van der Waals surface area (Å²) in [6, 6.07) is 15.9. The topological polar surface area (TPSA) is 417 Å². The Morgan fingerprint density at radius 3 is 1.11 bits per heavy atom. The van der Waals surface area contributed by atoms with Crippen LogP contribution in [-0.2, 0) is 37.2 Å². The number of likely N-dealkylation sites (N-methyl/N-ethyl adjacent to an activating group) is 1.